The summed E-state index contributed by atoms with van der Waals surface area (Å²) in [4.78, 5) is 33.7. The van der Waals surface area contributed by atoms with E-state index in [2.05, 4.69) is 0 Å². The smallest absolute Gasteiger partial charge is 0.372 e. The molecule has 6 nitrogen and oxygen atoms in total. The molecular weight excluding hydrogens is 310 g/mol. The van der Waals surface area contributed by atoms with Gasteiger partial charge in [-0.3, -0.25) is 9.59 Å². The molecule has 0 atom stereocenters. The second-order valence-electron chi connectivity index (χ2n) is 5.28. The van der Waals surface area contributed by atoms with Crippen molar-refractivity contribution in [2.75, 3.05) is 6.61 Å². The highest BCUT2D eigenvalue weighted by atomic mass is 16.5. The van der Waals surface area contributed by atoms with Crippen molar-refractivity contribution in [2.24, 2.45) is 0 Å². The maximum absolute atomic E-state index is 12.0. The Morgan fingerprint density at radius 2 is 1.75 bits per heavy atom. The number of ketones is 2. The van der Waals surface area contributed by atoms with E-state index in [9.17, 15) is 14.4 Å². The molecule has 0 unspecified atom stereocenters. The summed E-state index contributed by atoms with van der Waals surface area (Å²) in [6.07, 6.45) is 2.75. The van der Waals surface area contributed by atoms with Gasteiger partial charge >= 0.3 is 5.97 Å². The maximum atomic E-state index is 12.0. The Morgan fingerprint density at radius 1 is 1.00 bits per heavy atom. The van der Waals surface area contributed by atoms with Gasteiger partial charge in [-0.15, -0.1) is 0 Å². The summed E-state index contributed by atoms with van der Waals surface area (Å²) in [5, 5.41) is 8.57. The van der Waals surface area contributed by atoms with E-state index in [0.29, 0.717) is 18.8 Å². The molecule has 0 aliphatic rings. The number of aromatic nitrogens is 1. The molecule has 126 valence electrons. The quantitative estimate of drug-likeness (QED) is 0.313. The minimum atomic E-state index is -1.58. The molecule has 0 saturated carbocycles. The molecule has 24 heavy (non-hydrogen) atoms. The number of para-hydroxylation sites is 1. The average Bonchev–Trinajstić information content (AvgIpc) is 3.04. The van der Waals surface area contributed by atoms with Crippen molar-refractivity contribution >= 4 is 17.5 Å². The number of carboxylic acids is 1. The first-order valence-electron chi connectivity index (χ1n) is 7.70. The first-order chi connectivity index (χ1) is 11.6. The van der Waals surface area contributed by atoms with Crippen LogP contribution >= 0.6 is 0 Å². The van der Waals surface area contributed by atoms with Gasteiger partial charge in [-0.25, -0.2) is 4.79 Å². The first kappa shape index (κ1) is 17.5. The molecule has 1 aromatic heterocycles. The van der Waals surface area contributed by atoms with Gasteiger partial charge in [0.25, 0.3) is 0 Å². The van der Waals surface area contributed by atoms with Gasteiger partial charge in [-0.05, 0) is 37.1 Å². The van der Waals surface area contributed by atoms with E-state index in [-0.39, 0.29) is 0 Å². The van der Waals surface area contributed by atoms with Gasteiger partial charge in [0, 0.05) is 12.7 Å². The van der Waals surface area contributed by atoms with Crippen molar-refractivity contribution in [1.82, 2.24) is 4.57 Å². The lowest BCUT2D eigenvalue weighted by Crippen LogP contribution is -2.19. The topological polar surface area (TPSA) is 85.6 Å². The van der Waals surface area contributed by atoms with Gasteiger partial charge < -0.3 is 14.4 Å². The van der Waals surface area contributed by atoms with E-state index < -0.39 is 24.0 Å². The molecule has 0 radical (unpaired) electrons. The number of benzene rings is 1. The number of carboxylic acid groups (broad SMARTS) is 1. The number of carbonyl (C=O) groups excluding carboxylic acids is 2. The zero-order valence-electron chi connectivity index (χ0n) is 13.2. The fraction of sp³-hybridized carbons (Fsp3) is 0.278. The van der Waals surface area contributed by atoms with Crippen LogP contribution in [-0.4, -0.2) is 33.8 Å². The molecule has 6 heteroatoms. The SMILES string of the molecule is O=C(O)C(=O)CC(=O)c1cccn1CCCCOc1ccccc1. The summed E-state index contributed by atoms with van der Waals surface area (Å²) in [6, 6.07) is 12.8. The predicted octanol–water partition coefficient (Wildman–Crippen LogP) is 2.57. The van der Waals surface area contributed by atoms with E-state index >= 15 is 0 Å². The minimum absolute atomic E-state index is 0.355. The molecule has 0 saturated heterocycles. The van der Waals surface area contributed by atoms with Gasteiger partial charge in [-0.2, -0.15) is 0 Å². The highest BCUT2D eigenvalue weighted by molar-refractivity contribution is 6.37. The van der Waals surface area contributed by atoms with E-state index in [1.165, 1.54) is 0 Å². The Labute approximate surface area is 139 Å². The van der Waals surface area contributed by atoms with Crippen molar-refractivity contribution in [3.63, 3.8) is 0 Å². The monoisotopic (exact) mass is 329 g/mol. The summed E-state index contributed by atoms with van der Waals surface area (Å²) >= 11 is 0. The summed E-state index contributed by atoms with van der Waals surface area (Å²) in [7, 11) is 0. The first-order valence-corrected chi connectivity index (χ1v) is 7.70. The number of hydrogen-bond acceptors (Lipinski definition) is 4. The molecule has 1 heterocycles. The maximum Gasteiger partial charge on any atom is 0.372 e. The van der Waals surface area contributed by atoms with Crippen molar-refractivity contribution in [3.8, 4) is 5.75 Å². The largest absolute Gasteiger partial charge is 0.494 e. The highest BCUT2D eigenvalue weighted by Gasteiger charge is 2.19. The zero-order chi connectivity index (χ0) is 17.4. The Kier molecular flexibility index (Phi) is 6.31. The fourth-order valence-corrected chi connectivity index (χ4v) is 2.27. The molecule has 1 N–H and O–H groups in total. The van der Waals surface area contributed by atoms with Crippen molar-refractivity contribution < 1.29 is 24.2 Å². The average molecular weight is 329 g/mol. The van der Waals surface area contributed by atoms with Crippen LogP contribution < -0.4 is 4.74 Å². The third-order valence-electron chi connectivity index (χ3n) is 3.48. The lowest BCUT2D eigenvalue weighted by molar-refractivity contribution is -0.148. The third-order valence-corrected chi connectivity index (χ3v) is 3.48. The van der Waals surface area contributed by atoms with Crippen LogP contribution in [0.4, 0.5) is 0 Å². The molecule has 0 bridgehead atoms. The van der Waals surface area contributed by atoms with Gasteiger partial charge in [0.15, 0.2) is 5.78 Å². The molecular formula is C18H19NO5. The van der Waals surface area contributed by atoms with Crippen molar-refractivity contribution in [2.45, 2.75) is 25.8 Å². The van der Waals surface area contributed by atoms with Crippen LogP contribution in [0.5, 0.6) is 5.75 Å². The molecule has 0 spiro atoms. The number of hydrogen-bond donors (Lipinski definition) is 1. The van der Waals surface area contributed by atoms with E-state index in [4.69, 9.17) is 9.84 Å². The molecule has 1 aromatic carbocycles. The second kappa shape index (κ2) is 8.67. The van der Waals surface area contributed by atoms with Crippen LogP contribution in [0.25, 0.3) is 0 Å². The Bertz CT molecular complexity index is 705. The van der Waals surface area contributed by atoms with Crippen LogP contribution in [0.15, 0.2) is 48.7 Å². The molecule has 0 aliphatic heterocycles. The highest BCUT2D eigenvalue weighted by Crippen LogP contribution is 2.11. The van der Waals surface area contributed by atoms with Crippen LogP contribution in [0, 0.1) is 0 Å². The molecule has 0 fully saturated rings. The molecule has 2 aromatic rings. The summed E-state index contributed by atoms with van der Waals surface area (Å²) in [5.74, 6) is -2.34. The van der Waals surface area contributed by atoms with Gasteiger partial charge in [0.1, 0.15) is 5.75 Å². The molecule has 0 aliphatic carbocycles. The Balaban J connectivity index is 1.77. The third kappa shape index (κ3) is 5.08. The van der Waals surface area contributed by atoms with Gasteiger partial charge in [-0.1, -0.05) is 18.2 Å². The number of Topliss-reactive ketones (excluding diaryl/α,β-unsaturated/α-hetero) is 2. The van der Waals surface area contributed by atoms with E-state index in [1.807, 2.05) is 30.3 Å². The zero-order valence-corrected chi connectivity index (χ0v) is 13.2. The number of rotatable bonds is 10. The van der Waals surface area contributed by atoms with E-state index in [1.54, 1.807) is 22.9 Å². The fourth-order valence-electron chi connectivity index (χ4n) is 2.27. The number of carbonyl (C=O) groups is 3. The van der Waals surface area contributed by atoms with Crippen LogP contribution in [0.1, 0.15) is 29.8 Å². The van der Waals surface area contributed by atoms with Crippen LogP contribution in [0.2, 0.25) is 0 Å². The lowest BCUT2D eigenvalue weighted by Gasteiger charge is -2.09. The lowest BCUT2D eigenvalue weighted by atomic mass is 10.1. The number of ether oxygens (including phenoxy) is 1. The van der Waals surface area contributed by atoms with E-state index in [0.717, 1.165) is 18.6 Å². The number of unbranched alkanes of at least 4 members (excludes halogenated alkanes) is 1. The molecule has 0 amide bonds. The van der Waals surface area contributed by atoms with Gasteiger partial charge in [0.05, 0.1) is 18.7 Å². The summed E-state index contributed by atoms with van der Waals surface area (Å²) in [6.45, 7) is 1.18. The predicted molar refractivity (Wildman–Crippen MR) is 87.2 cm³/mol. The minimum Gasteiger partial charge on any atom is -0.494 e. The molecule has 2 rings (SSSR count). The second-order valence-corrected chi connectivity index (χ2v) is 5.28. The van der Waals surface area contributed by atoms with Crippen molar-refractivity contribution in [3.05, 3.63) is 54.4 Å². The summed E-state index contributed by atoms with van der Waals surface area (Å²) in [5.41, 5.74) is 0.355. The Hall–Kier alpha value is -2.89. The Morgan fingerprint density at radius 3 is 2.46 bits per heavy atom. The summed E-state index contributed by atoms with van der Waals surface area (Å²) < 4.78 is 7.33. The van der Waals surface area contributed by atoms with Gasteiger partial charge in [0.2, 0.25) is 5.78 Å². The number of nitrogens with zero attached hydrogens (tertiary/aromatic N) is 1. The normalized spacial score (nSPS) is 10.3. The number of aliphatic carboxylic acids is 1. The van der Waals surface area contributed by atoms with Crippen LogP contribution in [0.3, 0.4) is 0 Å². The standard InChI is InChI=1S/C18H19NO5/c20-16(13-17(21)18(22)23)15-9-6-11-19(15)10-4-5-12-24-14-7-2-1-3-8-14/h1-3,6-9,11H,4-5,10,12-13H2,(H,22,23). The van der Waals surface area contributed by atoms with Crippen LogP contribution in [-0.2, 0) is 16.1 Å². The number of aryl methyl sites for hydroxylation is 1. The van der Waals surface area contributed by atoms with Crippen molar-refractivity contribution in [1.29, 1.82) is 0 Å².